The summed E-state index contributed by atoms with van der Waals surface area (Å²) in [6.45, 7) is 7.67. The average molecular weight is 650 g/mol. The van der Waals surface area contributed by atoms with Crippen LogP contribution in [-0.4, -0.2) is 100 Å². The molecular weight excluding hydrogens is 617 g/mol. The number of halogens is 2. The van der Waals surface area contributed by atoms with Gasteiger partial charge >= 0.3 is 12.2 Å². The lowest BCUT2D eigenvalue weighted by Crippen LogP contribution is -2.43. The third-order valence-corrected chi connectivity index (χ3v) is 9.81. The number of anilines is 1. The zero-order valence-electron chi connectivity index (χ0n) is 25.2. The number of pyridine rings is 1. The number of rotatable bonds is 3. The number of aromatic nitrogens is 5. The third-order valence-electron chi connectivity index (χ3n) is 9.47. The fourth-order valence-corrected chi connectivity index (χ4v) is 7.68. The van der Waals surface area contributed by atoms with Crippen LogP contribution in [0.3, 0.4) is 0 Å². The van der Waals surface area contributed by atoms with Gasteiger partial charge in [-0.3, -0.25) is 15.0 Å². The van der Waals surface area contributed by atoms with Gasteiger partial charge in [-0.15, -0.1) is 0 Å². The summed E-state index contributed by atoms with van der Waals surface area (Å²) in [5.74, 6) is -0.210. The molecule has 1 N–H and O–H groups in total. The van der Waals surface area contributed by atoms with Crippen LogP contribution in [0.15, 0.2) is 30.6 Å². The number of carbonyl (C=O) groups excluding carboxylic acids is 1. The van der Waals surface area contributed by atoms with Crippen molar-refractivity contribution in [2.45, 2.75) is 43.7 Å². The molecule has 9 rings (SSSR count). The molecule has 3 aromatic heterocycles. The predicted octanol–water partition coefficient (Wildman–Crippen LogP) is 4.84. The summed E-state index contributed by atoms with van der Waals surface area (Å²) in [4.78, 5) is 31.1. The second kappa shape index (κ2) is 11.6. The Labute approximate surface area is 268 Å². The smallest absolute Gasteiger partial charge is 0.461 e. The van der Waals surface area contributed by atoms with E-state index in [-0.39, 0.29) is 42.5 Å². The van der Waals surface area contributed by atoms with Crippen LogP contribution < -0.4 is 9.64 Å². The van der Waals surface area contributed by atoms with E-state index in [1.165, 1.54) is 5.57 Å². The first-order chi connectivity index (χ1) is 22.4. The molecule has 0 radical (unpaired) electrons. The molecule has 0 spiro atoms. The lowest BCUT2D eigenvalue weighted by atomic mass is 9.94. The van der Waals surface area contributed by atoms with Crippen molar-refractivity contribution in [3.05, 3.63) is 47.0 Å². The first kappa shape index (κ1) is 29.3. The number of fused-ring (bicyclic) bond motifs is 8. The van der Waals surface area contributed by atoms with Crippen molar-refractivity contribution in [3.63, 3.8) is 0 Å². The molecular formula is C32H33ClFN7O5. The highest BCUT2D eigenvalue weighted by Gasteiger charge is 2.46. The van der Waals surface area contributed by atoms with Gasteiger partial charge in [-0.1, -0.05) is 23.8 Å². The first-order valence-electron chi connectivity index (χ1n) is 15.6. The molecule has 8 heterocycles. The van der Waals surface area contributed by atoms with Gasteiger partial charge in [0.15, 0.2) is 5.82 Å². The second-order valence-electron chi connectivity index (χ2n) is 12.5. The van der Waals surface area contributed by atoms with Crippen LogP contribution in [0.25, 0.3) is 33.1 Å². The minimum atomic E-state index is -0.786. The number of nitrogens with zero attached hydrogens (tertiary/aromatic N) is 6. The number of hydrogen-bond acceptors (Lipinski definition) is 11. The second-order valence-corrected chi connectivity index (χ2v) is 12.9. The van der Waals surface area contributed by atoms with Crippen molar-refractivity contribution in [2.24, 2.45) is 0 Å². The van der Waals surface area contributed by atoms with E-state index >= 15 is 4.39 Å². The van der Waals surface area contributed by atoms with Gasteiger partial charge in [0.1, 0.15) is 29.7 Å². The van der Waals surface area contributed by atoms with Gasteiger partial charge in [0.05, 0.1) is 49.0 Å². The highest BCUT2D eigenvalue weighted by molar-refractivity contribution is 6.33. The largest absolute Gasteiger partial charge is 0.508 e. The molecule has 0 aliphatic carbocycles. The molecule has 240 valence electrons. The van der Waals surface area contributed by atoms with E-state index in [4.69, 9.17) is 35.5 Å². The van der Waals surface area contributed by atoms with Crippen LogP contribution in [0.2, 0.25) is 5.02 Å². The highest BCUT2D eigenvalue weighted by atomic mass is 35.5. The Hall–Kier alpha value is -4.07. The Morgan fingerprint density at radius 1 is 1.20 bits per heavy atom. The van der Waals surface area contributed by atoms with Crippen LogP contribution in [0.4, 0.5) is 15.0 Å². The molecule has 46 heavy (non-hydrogen) atoms. The Balaban J connectivity index is 1.30. The van der Waals surface area contributed by atoms with Gasteiger partial charge < -0.3 is 23.8 Å². The average Bonchev–Trinajstić information content (AvgIpc) is 3.68. The lowest BCUT2D eigenvalue weighted by molar-refractivity contribution is -0.00448. The molecule has 0 amide bonds. The van der Waals surface area contributed by atoms with Crippen molar-refractivity contribution in [2.75, 3.05) is 57.5 Å². The SMILES string of the molecule is C=C1CN2CCC[C@@]2(COc2nc3c4cnc(c(F)c4n2)-c2c(c(Cl)cc4[nH]ncc24)CCCOC(=O)O[C@@H]2COCCN3C2)C1. The molecule has 12 nitrogen and oxygen atoms in total. The Morgan fingerprint density at radius 3 is 3.02 bits per heavy atom. The van der Waals surface area contributed by atoms with Crippen molar-refractivity contribution in [3.8, 4) is 17.3 Å². The van der Waals surface area contributed by atoms with E-state index in [0.717, 1.165) is 32.4 Å². The van der Waals surface area contributed by atoms with Gasteiger partial charge in [-0.05, 0) is 50.3 Å². The van der Waals surface area contributed by atoms with E-state index in [1.54, 1.807) is 18.5 Å². The van der Waals surface area contributed by atoms with E-state index < -0.39 is 18.1 Å². The molecule has 1 aromatic carbocycles. The Kier molecular flexibility index (Phi) is 7.41. The molecule has 0 saturated carbocycles. The minimum Gasteiger partial charge on any atom is -0.461 e. The van der Waals surface area contributed by atoms with Crippen LogP contribution in [0, 0.1) is 5.82 Å². The zero-order chi connectivity index (χ0) is 31.4. The molecule has 6 bridgehead atoms. The quantitative estimate of drug-likeness (QED) is 0.242. The number of aromatic amines is 1. The number of carbonyl (C=O) groups is 1. The normalized spacial score (nSPS) is 23.9. The minimum absolute atomic E-state index is 0.0558. The molecule has 5 aliphatic rings. The summed E-state index contributed by atoms with van der Waals surface area (Å²) in [5, 5.41) is 8.58. The van der Waals surface area contributed by atoms with E-state index in [9.17, 15) is 4.79 Å². The Morgan fingerprint density at radius 2 is 2.11 bits per heavy atom. The maximum atomic E-state index is 17.0. The van der Waals surface area contributed by atoms with Crippen LogP contribution in [0.5, 0.6) is 6.01 Å². The fraction of sp³-hybridized carbons (Fsp3) is 0.469. The van der Waals surface area contributed by atoms with Crippen LogP contribution in [0.1, 0.15) is 31.2 Å². The summed E-state index contributed by atoms with van der Waals surface area (Å²) in [7, 11) is 0. The topological polar surface area (TPSA) is 128 Å². The molecule has 0 unspecified atom stereocenters. The van der Waals surface area contributed by atoms with E-state index in [2.05, 4.69) is 31.6 Å². The standard InChI is InChI=1S/C32H33ClFN7O5/c1-18-11-32(5-3-6-41(32)14-18)17-45-30-37-27-22-12-35-28(26(27)34)25-20(23(33)10-24-21(25)13-36-39-24)4-2-8-44-31(42)46-19-15-40(29(22)38-30)7-9-43-16-19/h10,12-13,19H,1-9,11,14-17H2,(H,36,39)/t19-,32-/m0/s1. The van der Waals surface area contributed by atoms with Gasteiger partial charge in [0.2, 0.25) is 0 Å². The van der Waals surface area contributed by atoms with E-state index in [1.807, 2.05) is 4.90 Å². The molecule has 4 aromatic rings. The summed E-state index contributed by atoms with van der Waals surface area (Å²) in [5.41, 5.74) is 2.95. The summed E-state index contributed by atoms with van der Waals surface area (Å²) in [6, 6.07) is 1.81. The predicted molar refractivity (Wildman–Crippen MR) is 168 cm³/mol. The fourth-order valence-electron chi connectivity index (χ4n) is 7.38. The molecule has 3 saturated heterocycles. The summed E-state index contributed by atoms with van der Waals surface area (Å²) in [6.07, 6.45) is 5.48. The maximum Gasteiger partial charge on any atom is 0.508 e. The number of ether oxygens (including phenoxy) is 4. The molecule has 3 fully saturated rings. The maximum absolute atomic E-state index is 17.0. The van der Waals surface area contributed by atoms with Gasteiger partial charge in [0, 0.05) is 35.3 Å². The number of H-pyrrole nitrogens is 1. The molecule has 2 atom stereocenters. The third kappa shape index (κ3) is 5.10. The summed E-state index contributed by atoms with van der Waals surface area (Å²) < 4.78 is 40.2. The first-order valence-corrected chi connectivity index (χ1v) is 16.0. The monoisotopic (exact) mass is 649 g/mol. The molecule has 14 heteroatoms. The number of nitrogens with one attached hydrogen (secondary N) is 1. The van der Waals surface area contributed by atoms with E-state index in [0.29, 0.717) is 70.9 Å². The Bertz CT molecular complexity index is 1870. The van der Waals surface area contributed by atoms with Gasteiger partial charge in [-0.25, -0.2) is 9.18 Å². The zero-order valence-corrected chi connectivity index (χ0v) is 25.9. The number of hydrogen-bond donors (Lipinski definition) is 1. The van der Waals surface area contributed by atoms with Crippen molar-refractivity contribution < 1.29 is 28.1 Å². The number of benzene rings is 1. The summed E-state index contributed by atoms with van der Waals surface area (Å²) >= 11 is 6.77. The van der Waals surface area contributed by atoms with Crippen molar-refractivity contribution in [1.82, 2.24) is 30.0 Å². The van der Waals surface area contributed by atoms with Crippen molar-refractivity contribution >= 4 is 45.4 Å². The molecule has 5 aliphatic heterocycles. The van der Waals surface area contributed by atoms with Crippen LogP contribution >= 0.6 is 11.6 Å². The lowest BCUT2D eigenvalue weighted by Gasteiger charge is -2.31. The van der Waals surface area contributed by atoms with Gasteiger partial charge in [-0.2, -0.15) is 15.1 Å². The highest BCUT2D eigenvalue weighted by Crippen LogP contribution is 2.42. The van der Waals surface area contributed by atoms with Crippen LogP contribution in [-0.2, 0) is 20.6 Å². The van der Waals surface area contributed by atoms with Crippen molar-refractivity contribution in [1.29, 1.82) is 0 Å². The van der Waals surface area contributed by atoms with Gasteiger partial charge in [0.25, 0.3) is 0 Å².